The van der Waals surface area contributed by atoms with Crippen LogP contribution < -0.4 is 4.90 Å². The number of halogens is 1. The van der Waals surface area contributed by atoms with Crippen molar-refractivity contribution in [1.29, 1.82) is 0 Å². The minimum atomic E-state index is 0.161. The van der Waals surface area contributed by atoms with Crippen molar-refractivity contribution >= 4 is 41.2 Å². The lowest BCUT2D eigenvalue weighted by Crippen LogP contribution is -2.46. The third-order valence-corrected chi connectivity index (χ3v) is 7.32. The molecule has 1 aromatic heterocycles. The Balaban J connectivity index is 1.26. The van der Waals surface area contributed by atoms with Gasteiger partial charge in [-0.15, -0.1) is 0 Å². The number of hydrogen-bond donors (Lipinski definition) is 0. The number of piperazine rings is 1. The van der Waals surface area contributed by atoms with Crippen LogP contribution in [0.15, 0.2) is 47.6 Å². The van der Waals surface area contributed by atoms with Gasteiger partial charge in [0.2, 0.25) is 5.91 Å². The SMILES string of the molecule is CC1CCN(C(=O)CSc2nc(Cl)cc(N3CCN(C/C=C/c4ccccc4)CC3)n2)CC1. The normalized spacial score (nSPS) is 18.2. The molecule has 0 bridgehead atoms. The van der Waals surface area contributed by atoms with Gasteiger partial charge >= 0.3 is 0 Å². The molecule has 2 saturated heterocycles. The third-order valence-electron chi connectivity index (χ3n) is 6.29. The van der Waals surface area contributed by atoms with Crippen molar-refractivity contribution in [3.8, 4) is 0 Å². The maximum absolute atomic E-state index is 12.6. The van der Waals surface area contributed by atoms with Crippen LogP contribution in [0, 0.1) is 5.92 Å². The van der Waals surface area contributed by atoms with Crippen LogP contribution in [-0.4, -0.2) is 77.2 Å². The second-order valence-corrected chi connectivity index (χ2v) is 10.1. The molecule has 33 heavy (non-hydrogen) atoms. The summed E-state index contributed by atoms with van der Waals surface area (Å²) in [5.41, 5.74) is 1.23. The van der Waals surface area contributed by atoms with Gasteiger partial charge in [-0.1, -0.05) is 72.8 Å². The number of thioether (sulfide) groups is 1. The highest BCUT2D eigenvalue weighted by Gasteiger charge is 2.22. The second-order valence-electron chi connectivity index (χ2n) is 8.78. The highest BCUT2D eigenvalue weighted by molar-refractivity contribution is 7.99. The zero-order chi connectivity index (χ0) is 23.0. The van der Waals surface area contributed by atoms with Crippen LogP contribution in [0.5, 0.6) is 0 Å². The Morgan fingerprint density at radius 1 is 1.09 bits per heavy atom. The lowest BCUT2D eigenvalue weighted by atomic mass is 9.99. The fourth-order valence-corrected chi connectivity index (χ4v) is 5.13. The van der Waals surface area contributed by atoms with Crippen LogP contribution in [0.4, 0.5) is 5.82 Å². The van der Waals surface area contributed by atoms with E-state index >= 15 is 0 Å². The van der Waals surface area contributed by atoms with Gasteiger partial charge in [-0.25, -0.2) is 9.97 Å². The van der Waals surface area contributed by atoms with Crippen molar-refractivity contribution in [2.45, 2.75) is 24.9 Å². The minimum Gasteiger partial charge on any atom is -0.354 e. The van der Waals surface area contributed by atoms with Crippen LogP contribution in [0.1, 0.15) is 25.3 Å². The Labute approximate surface area is 206 Å². The smallest absolute Gasteiger partial charge is 0.233 e. The van der Waals surface area contributed by atoms with Crippen LogP contribution >= 0.6 is 23.4 Å². The first-order chi connectivity index (χ1) is 16.1. The zero-order valence-corrected chi connectivity index (χ0v) is 20.8. The topological polar surface area (TPSA) is 52.6 Å². The van der Waals surface area contributed by atoms with Crippen LogP contribution in [0.2, 0.25) is 5.15 Å². The first-order valence-electron chi connectivity index (χ1n) is 11.7. The van der Waals surface area contributed by atoms with Gasteiger partial charge in [0, 0.05) is 51.9 Å². The summed E-state index contributed by atoms with van der Waals surface area (Å²) in [5.74, 6) is 2.07. The Morgan fingerprint density at radius 2 is 1.82 bits per heavy atom. The van der Waals surface area contributed by atoms with E-state index in [1.54, 1.807) is 0 Å². The van der Waals surface area contributed by atoms with Gasteiger partial charge in [0.05, 0.1) is 5.75 Å². The number of hydrogen-bond acceptors (Lipinski definition) is 6. The predicted octanol–water partition coefficient (Wildman–Crippen LogP) is 4.32. The molecule has 0 aliphatic carbocycles. The fourth-order valence-electron chi connectivity index (χ4n) is 4.15. The monoisotopic (exact) mass is 485 g/mol. The van der Waals surface area contributed by atoms with E-state index in [4.69, 9.17) is 16.6 Å². The Morgan fingerprint density at radius 3 is 2.55 bits per heavy atom. The zero-order valence-electron chi connectivity index (χ0n) is 19.2. The standard InChI is InChI=1S/C25H32ClN5OS/c1-20-9-12-31(13-10-20)24(32)19-33-25-27-22(26)18-23(28-25)30-16-14-29(15-17-30)11-5-8-21-6-3-2-4-7-21/h2-8,18,20H,9-17,19H2,1H3/b8-5+. The van der Waals surface area contributed by atoms with Crippen molar-refractivity contribution in [1.82, 2.24) is 19.8 Å². The molecule has 1 amide bonds. The van der Waals surface area contributed by atoms with Crippen LogP contribution in [-0.2, 0) is 4.79 Å². The van der Waals surface area contributed by atoms with Gasteiger partial charge < -0.3 is 9.80 Å². The van der Waals surface area contributed by atoms with E-state index in [-0.39, 0.29) is 5.91 Å². The van der Waals surface area contributed by atoms with Gasteiger partial charge in [-0.3, -0.25) is 9.69 Å². The first-order valence-corrected chi connectivity index (χ1v) is 13.1. The lowest BCUT2D eigenvalue weighted by Gasteiger charge is -2.35. The van der Waals surface area contributed by atoms with Gasteiger partial charge in [0.15, 0.2) is 5.16 Å². The van der Waals surface area contributed by atoms with Gasteiger partial charge in [-0.05, 0) is 24.3 Å². The molecule has 3 heterocycles. The van der Waals surface area contributed by atoms with E-state index in [0.717, 1.165) is 64.5 Å². The molecule has 0 saturated carbocycles. The largest absolute Gasteiger partial charge is 0.354 e. The number of amides is 1. The third kappa shape index (κ3) is 7.19. The molecular weight excluding hydrogens is 454 g/mol. The number of anilines is 1. The fraction of sp³-hybridized carbons (Fsp3) is 0.480. The van der Waals surface area contributed by atoms with Crippen molar-refractivity contribution in [3.63, 3.8) is 0 Å². The predicted molar refractivity (Wildman–Crippen MR) is 137 cm³/mol. The summed E-state index contributed by atoms with van der Waals surface area (Å²) in [5, 5.41) is 0.999. The highest BCUT2D eigenvalue weighted by atomic mass is 35.5. The molecule has 4 rings (SSSR count). The Bertz CT molecular complexity index is 941. The molecule has 0 spiro atoms. The number of aromatic nitrogens is 2. The Hall–Kier alpha value is -2.09. The quantitative estimate of drug-likeness (QED) is 0.331. The number of piperidine rings is 1. The maximum atomic E-state index is 12.6. The van der Waals surface area contributed by atoms with E-state index in [1.165, 1.54) is 17.3 Å². The molecule has 6 nitrogen and oxygen atoms in total. The summed E-state index contributed by atoms with van der Waals surface area (Å²) in [6.07, 6.45) is 6.57. The molecule has 2 aliphatic heterocycles. The van der Waals surface area contributed by atoms with Gasteiger partial charge in [0.1, 0.15) is 11.0 Å². The van der Waals surface area contributed by atoms with E-state index in [2.05, 4.69) is 58.1 Å². The van der Waals surface area contributed by atoms with Gasteiger partial charge in [0.25, 0.3) is 0 Å². The lowest BCUT2D eigenvalue weighted by molar-refractivity contribution is -0.129. The molecule has 176 valence electrons. The molecule has 0 radical (unpaired) electrons. The molecule has 1 aromatic carbocycles. The molecule has 0 N–H and O–H groups in total. The average Bonchev–Trinajstić information content (AvgIpc) is 2.84. The number of likely N-dealkylation sites (tertiary alicyclic amines) is 1. The van der Waals surface area contributed by atoms with E-state index in [0.29, 0.717) is 22.0 Å². The summed E-state index contributed by atoms with van der Waals surface area (Å²) >= 11 is 7.68. The number of benzene rings is 1. The summed E-state index contributed by atoms with van der Waals surface area (Å²) < 4.78 is 0. The number of carbonyl (C=O) groups excluding carboxylic acids is 1. The molecule has 2 aromatic rings. The minimum absolute atomic E-state index is 0.161. The summed E-state index contributed by atoms with van der Waals surface area (Å²) in [7, 11) is 0. The average molecular weight is 486 g/mol. The number of carbonyl (C=O) groups is 1. The summed E-state index contributed by atoms with van der Waals surface area (Å²) in [6, 6.07) is 12.2. The van der Waals surface area contributed by atoms with Crippen LogP contribution in [0.3, 0.4) is 0 Å². The molecule has 0 unspecified atom stereocenters. The molecule has 0 atom stereocenters. The van der Waals surface area contributed by atoms with Crippen molar-refractivity contribution in [2.75, 3.05) is 56.5 Å². The van der Waals surface area contributed by atoms with E-state index < -0.39 is 0 Å². The van der Waals surface area contributed by atoms with Crippen molar-refractivity contribution in [3.05, 3.63) is 53.2 Å². The van der Waals surface area contributed by atoms with E-state index in [1.807, 2.05) is 17.0 Å². The number of rotatable bonds is 7. The second kappa shape index (κ2) is 11.9. The van der Waals surface area contributed by atoms with Crippen LogP contribution in [0.25, 0.3) is 6.08 Å². The molecule has 2 aliphatic rings. The van der Waals surface area contributed by atoms with Crippen molar-refractivity contribution < 1.29 is 4.79 Å². The van der Waals surface area contributed by atoms with Gasteiger partial charge in [-0.2, -0.15) is 0 Å². The maximum Gasteiger partial charge on any atom is 0.233 e. The molecular formula is C25H32ClN5OS. The van der Waals surface area contributed by atoms with E-state index in [9.17, 15) is 4.79 Å². The van der Waals surface area contributed by atoms with Crippen molar-refractivity contribution in [2.24, 2.45) is 5.92 Å². The Kier molecular flexibility index (Phi) is 8.64. The highest BCUT2D eigenvalue weighted by Crippen LogP contribution is 2.24. The summed E-state index contributed by atoms with van der Waals surface area (Å²) in [4.78, 5) is 28.3. The summed E-state index contributed by atoms with van der Waals surface area (Å²) in [6.45, 7) is 8.61. The number of nitrogens with zero attached hydrogens (tertiary/aromatic N) is 5. The molecule has 2 fully saturated rings. The molecule has 8 heteroatoms. The first kappa shape index (κ1) is 24.0.